The maximum atomic E-state index is 13.4. The molecule has 2 heterocycles. The first-order valence-electron chi connectivity index (χ1n) is 10.3. The number of fused-ring (bicyclic) bond motifs is 2. The Kier molecular flexibility index (Phi) is 5.35. The summed E-state index contributed by atoms with van der Waals surface area (Å²) in [5, 5.41) is 0.494. The Bertz CT molecular complexity index is 1130. The van der Waals surface area contributed by atoms with Gasteiger partial charge in [-0.25, -0.2) is 0 Å². The summed E-state index contributed by atoms with van der Waals surface area (Å²) in [4.78, 5) is 29.6. The van der Waals surface area contributed by atoms with Gasteiger partial charge in [-0.2, -0.15) is 0 Å². The van der Waals surface area contributed by atoms with Crippen molar-refractivity contribution in [2.75, 3.05) is 27.2 Å². The number of amides is 1. The number of quaternary nitrogens is 1. The number of nitrogens with one attached hydrogen (secondary N) is 1. The topological polar surface area (TPSA) is 64.2 Å². The minimum Gasteiger partial charge on any atom is -0.491 e. The lowest BCUT2D eigenvalue weighted by atomic mass is 9.98. The van der Waals surface area contributed by atoms with Crippen molar-refractivity contribution < 1.29 is 18.8 Å². The molecule has 1 atom stereocenters. The summed E-state index contributed by atoms with van der Waals surface area (Å²) in [5.74, 6) is 0.676. The summed E-state index contributed by atoms with van der Waals surface area (Å²) in [6.07, 6.45) is 0.0719. The predicted molar refractivity (Wildman–Crippen MR) is 115 cm³/mol. The van der Waals surface area contributed by atoms with Crippen LogP contribution in [-0.4, -0.2) is 44.1 Å². The number of para-hydroxylation sites is 1. The zero-order chi connectivity index (χ0) is 21.4. The van der Waals surface area contributed by atoms with Gasteiger partial charge in [0.1, 0.15) is 11.3 Å². The predicted octanol–water partition coefficient (Wildman–Crippen LogP) is 2.27. The van der Waals surface area contributed by atoms with E-state index >= 15 is 0 Å². The van der Waals surface area contributed by atoms with E-state index in [1.54, 1.807) is 23.1 Å². The van der Waals surface area contributed by atoms with Crippen molar-refractivity contribution >= 4 is 16.9 Å². The number of likely N-dealkylation sites (N-methyl/N-ethyl adjacent to an activating group) is 1. The maximum Gasteiger partial charge on any atom is 0.291 e. The molecule has 0 saturated carbocycles. The van der Waals surface area contributed by atoms with Crippen molar-refractivity contribution in [1.29, 1.82) is 0 Å². The molecule has 3 aromatic rings. The molecule has 30 heavy (non-hydrogen) atoms. The van der Waals surface area contributed by atoms with Crippen molar-refractivity contribution in [1.82, 2.24) is 4.90 Å². The lowest BCUT2D eigenvalue weighted by Gasteiger charge is -2.25. The largest absolute Gasteiger partial charge is 0.491 e. The fourth-order valence-electron chi connectivity index (χ4n) is 3.89. The van der Waals surface area contributed by atoms with Crippen LogP contribution in [0.1, 0.15) is 41.6 Å². The molecule has 0 fully saturated rings. The molecule has 1 amide bonds. The molecule has 1 aliphatic rings. The van der Waals surface area contributed by atoms with Gasteiger partial charge in [0, 0.05) is 0 Å². The van der Waals surface area contributed by atoms with Crippen LogP contribution in [0, 0.1) is 0 Å². The highest BCUT2D eigenvalue weighted by molar-refractivity contribution is 5.99. The number of carbonyl (C=O) groups excluding carboxylic acids is 1. The second-order valence-corrected chi connectivity index (χ2v) is 8.26. The number of carbonyl (C=O) groups is 1. The lowest BCUT2D eigenvalue weighted by molar-refractivity contribution is -0.857. The summed E-state index contributed by atoms with van der Waals surface area (Å²) in [6, 6.07) is 14.2. The van der Waals surface area contributed by atoms with Crippen LogP contribution >= 0.6 is 0 Å². The van der Waals surface area contributed by atoms with Crippen molar-refractivity contribution in [2.45, 2.75) is 26.0 Å². The van der Waals surface area contributed by atoms with Gasteiger partial charge in [-0.3, -0.25) is 9.59 Å². The number of hydrogen-bond donors (Lipinski definition) is 1. The first-order valence-corrected chi connectivity index (χ1v) is 10.3. The van der Waals surface area contributed by atoms with Gasteiger partial charge in [-0.05, 0) is 43.7 Å². The molecule has 6 nitrogen and oxygen atoms in total. The smallest absolute Gasteiger partial charge is 0.291 e. The fraction of sp³-hybridized carbons (Fsp3) is 0.333. The molecule has 1 aliphatic heterocycles. The SMILES string of the molecule is CC(C)Oc1ccc([C@H]2c3c(oc4ccccc4c3=O)C(=O)N2CC[NH+](C)C)cc1. The molecule has 0 unspecified atom stereocenters. The lowest BCUT2D eigenvalue weighted by Crippen LogP contribution is -3.06. The summed E-state index contributed by atoms with van der Waals surface area (Å²) in [5.41, 5.74) is 1.58. The van der Waals surface area contributed by atoms with Crippen LogP contribution < -0.4 is 15.1 Å². The Morgan fingerprint density at radius 3 is 2.43 bits per heavy atom. The molecule has 0 saturated heterocycles. The van der Waals surface area contributed by atoms with E-state index in [2.05, 4.69) is 0 Å². The molecule has 2 aromatic carbocycles. The number of nitrogens with zero attached hydrogens (tertiary/aromatic N) is 1. The molecular weight excluding hydrogens is 380 g/mol. The number of hydrogen-bond acceptors (Lipinski definition) is 4. The standard InChI is InChI=1S/C24H26N2O4/c1-15(2)29-17-11-9-16(10-12-17)21-20-22(27)18-7-5-6-8-19(18)30-23(20)24(28)26(21)14-13-25(3)4/h5-12,15,21H,13-14H2,1-4H3/p+1/t21-/m0/s1. The molecule has 0 aliphatic carbocycles. The normalized spacial score (nSPS) is 16.0. The molecule has 156 valence electrons. The number of ether oxygens (including phenoxy) is 1. The third-order valence-corrected chi connectivity index (χ3v) is 5.29. The summed E-state index contributed by atoms with van der Waals surface area (Å²) < 4.78 is 11.7. The number of benzene rings is 2. The zero-order valence-corrected chi connectivity index (χ0v) is 17.8. The van der Waals surface area contributed by atoms with Gasteiger partial charge in [0.25, 0.3) is 5.91 Å². The third-order valence-electron chi connectivity index (χ3n) is 5.29. The molecule has 0 bridgehead atoms. The molecule has 1 N–H and O–H groups in total. The van der Waals surface area contributed by atoms with E-state index in [0.717, 1.165) is 17.9 Å². The molecular formula is C24H27N2O4+. The van der Waals surface area contributed by atoms with E-state index < -0.39 is 6.04 Å². The van der Waals surface area contributed by atoms with Crippen LogP contribution in [0.4, 0.5) is 0 Å². The molecule has 1 aromatic heterocycles. The van der Waals surface area contributed by atoms with Crippen LogP contribution in [0.5, 0.6) is 5.75 Å². The van der Waals surface area contributed by atoms with Crippen LogP contribution in [0.25, 0.3) is 11.0 Å². The van der Waals surface area contributed by atoms with Crippen LogP contribution in [0.15, 0.2) is 57.7 Å². The molecule has 6 heteroatoms. The Hall–Kier alpha value is -3.12. The minimum atomic E-state index is -0.471. The van der Waals surface area contributed by atoms with Crippen molar-refractivity contribution in [3.63, 3.8) is 0 Å². The first kappa shape index (κ1) is 20.2. The van der Waals surface area contributed by atoms with Crippen LogP contribution in [0.2, 0.25) is 0 Å². The number of rotatable bonds is 6. The Morgan fingerprint density at radius 1 is 1.07 bits per heavy atom. The molecule has 0 radical (unpaired) electrons. The van der Waals surface area contributed by atoms with Gasteiger partial charge in [0.15, 0.2) is 5.43 Å². The summed E-state index contributed by atoms with van der Waals surface area (Å²) >= 11 is 0. The van der Waals surface area contributed by atoms with Crippen LogP contribution in [-0.2, 0) is 0 Å². The van der Waals surface area contributed by atoms with E-state index in [1.807, 2.05) is 58.3 Å². The zero-order valence-electron chi connectivity index (χ0n) is 17.8. The van der Waals surface area contributed by atoms with Gasteiger partial charge in [0.05, 0.1) is 50.3 Å². The van der Waals surface area contributed by atoms with Crippen LogP contribution in [0.3, 0.4) is 0 Å². The van der Waals surface area contributed by atoms with Gasteiger partial charge in [-0.15, -0.1) is 0 Å². The third kappa shape index (κ3) is 3.59. The highest BCUT2D eigenvalue weighted by Crippen LogP contribution is 2.38. The Balaban J connectivity index is 1.84. The maximum absolute atomic E-state index is 13.4. The van der Waals surface area contributed by atoms with Gasteiger partial charge < -0.3 is 19.0 Å². The average Bonchev–Trinajstić information content (AvgIpc) is 2.99. The fourth-order valence-corrected chi connectivity index (χ4v) is 3.89. The van der Waals surface area contributed by atoms with Gasteiger partial charge in [-0.1, -0.05) is 24.3 Å². The van der Waals surface area contributed by atoms with Gasteiger partial charge in [0.2, 0.25) is 5.76 Å². The Morgan fingerprint density at radius 2 is 1.77 bits per heavy atom. The first-order chi connectivity index (χ1) is 14.4. The molecule has 4 rings (SSSR count). The summed E-state index contributed by atoms with van der Waals surface area (Å²) in [7, 11) is 4.08. The van der Waals surface area contributed by atoms with E-state index in [9.17, 15) is 9.59 Å². The quantitative estimate of drug-likeness (QED) is 0.681. The van der Waals surface area contributed by atoms with E-state index in [0.29, 0.717) is 23.1 Å². The van der Waals surface area contributed by atoms with E-state index in [4.69, 9.17) is 9.15 Å². The minimum absolute atomic E-state index is 0.0719. The van der Waals surface area contributed by atoms with E-state index in [-0.39, 0.29) is 23.2 Å². The Labute approximate surface area is 175 Å². The average molecular weight is 407 g/mol. The van der Waals surface area contributed by atoms with Crippen molar-refractivity contribution in [3.8, 4) is 5.75 Å². The van der Waals surface area contributed by atoms with Gasteiger partial charge >= 0.3 is 0 Å². The highest BCUT2D eigenvalue weighted by Gasteiger charge is 2.42. The highest BCUT2D eigenvalue weighted by atomic mass is 16.5. The van der Waals surface area contributed by atoms with Crippen molar-refractivity contribution in [2.24, 2.45) is 0 Å². The van der Waals surface area contributed by atoms with E-state index in [1.165, 1.54) is 4.90 Å². The monoisotopic (exact) mass is 407 g/mol. The summed E-state index contributed by atoms with van der Waals surface area (Å²) in [6.45, 7) is 5.23. The van der Waals surface area contributed by atoms with Crippen molar-refractivity contribution in [3.05, 3.63) is 75.6 Å². The second kappa shape index (κ2) is 7.95. The second-order valence-electron chi connectivity index (χ2n) is 8.26. The molecule has 0 spiro atoms.